The Balaban J connectivity index is 0.00000181. The molecule has 0 saturated heterocycles. The van der Waals surface area contributed by atoms with E-state index in [0.29, 0.717) is 28.7 Å². The maximum Gasteiger partial charge on any atom is 0.265 e. The number of carbonyl (C=O) groups is 1. The number of fused-ring (bicyclic) bond motifs is 2. The number of aryl methyl sites for hydroxylation is 3. The Morgan fingerprint density at radius 1 is 1.06 bits per heavy atom. The molecule has 1 N–H and O–H groups in total. The van der Waals surface area contributed by atoms with Crippen LogP contribution in [0.1, 0.15) is 39.9 Å². The Morgan fingerprint density at radius 3 is 2.59 bits per heavy atom. The van der Waals surface area contributed by atoms with Crippen molar-refractivity contribution in [3.05, 3.63) is 87.6 Å². The Labute approximate surface area is 198 Å². The van der Waals surface area contributed by atoms with Crippen LogP contribution in [0.5, 0.6) is 0 Å². The molecule has 0 bridgehead atoms. The molecule has 0 aliphatic carbocycles. The number of nitrogens with zero attached hydrogens (tertiary/aromatic N) is 3. The molecule has 0 fully saturated rings. The molecular weight excluding hydrogens is 447 g/mol. The van der Waals surface area contributed by atoms with E-state index in [1.807, 2.05) is 38.2 Å². The summed E-state index contributed by atoms with van der Waals surface area (Å²) in [5, 5.41) is 3.49. The lowest BCUT2D eigenvalue weighted by Gasteiger charge is -2.09. The fourth-order valence-electron chi connectivity index (χ4n) is 3.50. The van der Waals surface area contributed by atoms with Crippen molar-refractivity contribution in [2.24, 2.45) is 0 Å². The van der Waals surface area contributed by atoms with Gasteiger partial charge in [0.05, 0.1) is 16.5 Å². The molecule has 0 saturated carbocycles. The summed E-state index contributed by atoms with van der Waals surface area (Å²) in [6.07, 6.45) is 7.98. The molecule has 4 aromatic rings. The highest BCUT2D eigenvalue weighted by Crippen LogP contribution is 2.16. The summed E-state index contributed by atoms with van der Waals surface area (Å²) >= 11 is 0. The van der Waals surface area contributed by atoms with Crippen molar-refractivity contribution < 1.29 is 4.79 Å². The lowest BCUT2D eigenvalue weighted by molar-refractivity contribution is 0.0952. The number of carbonyl (C=O) groups excluding carboxylic acids is 1. The molecule has 8 heteroatoms. The number of amides is 1. The van der Waals surface area contributed by atoms with Crippen LogP contribution in [0.3, 0.4) is 0 Å². The monoisotopic (exact) mass is 472 g/mol. The van der Waals surface area contributed by atoms with Crippen LogP contribution in [0.2, 0.25) is 0 Å². The third-order valence-corrected chi connectivity index (χ3v) is 5.39. The zero-order valence-corrected chi connectivity index (χ0v) is 19.6. The minimum atomic E-state index is -0.189. The lowest BCUT2D eigenvalue weighted by Crippen LogP contribution is -2.26. The smallest absolute Gasteiger partial charge is 0.265 e. The Bertz CT molecular complexity index is 1290. The van der Waals surface area contributed by atoms with Gasteiger partial charge in [-0.05, 0) is 80.1 Å². The van der Waals surface area contributed by atoms with E-state index in [1.54, 1.807) is 24.5 Å². The van der Waals surface area contributed by atoms with Crippen LogP contribution < -0.4 is 10.9 Å². The molecule has 32 heavy (non-hydrogen) atoms. The number of halogens is 2. The molecule has 4 rings (SSSR count). The van der Waals surface area contributed by atoms with E-state index in [4.69, 9.17) is 0 Å². The van der Waals surface area contributed by atoms with E-state index < -0.39 is 0 Å². The number of pyridine rings is 2. The maximum absolute atomic E-state index is 12.9. The summed E-state index contributed by atoms with van der Waals surface area (Å²) < 4.78 is 1.45. The topological polar surface area (TPSA) is 76.4 Å². The van der Waals surface area contributed by atoms with Crippen molar-refractivity contribution in [3.8, 4) is 0 Å². The van der Waals surface area contributed by atoms with Crippen LogP contribution in [0.15, 0.2) is 59.8 Å². The largest absolute Gasteiger partial charge is 0.352 e. The Hall–Kier alpha value is -2.96. The van der Waals surface area contributed by atoms with Crippen molar-refractivity contribution >= 4 is 47.3 Å². The molecule has 0 aliphatic heterocycles. The van der Waals surface area contributed by atoms with E-state index in [2.05, 4.69) is 21.4 Å². The maximum atomic E-state index is 12.9. The molecule has 168 valence electrons. The molecule has 1 aromatic carbocycles. The Morgan fingerprint density at radius 2 is 1.84 bits per heavy atom. The normalized spacial score (nSPS) is 10.4. The number of hydrogen-bond donors (Lipinski definition) is 1. The van der Waals surface area contributed by atoms with Crippen molar-refractivity contribution in [2.75, 3.05) is 6.54 Å². The molecule has 0 atom stereocenters. The number of nitrogens with one attached hydrogen (secondary N) is 1. The summed E-state index contributed by atoms with van der Waals surface area (Å²) in [6.45, 7) is 4.56. The number of hydrogen-bond acceptors (Lipinski definition) is 4. The van der Waals surface area contributed by atoms with Crippen LogP contribution in [0.25, 0.3) is 16.6 Å². The third kappa shape index (κ3) is 5.44. The lowest BCUT2D eigenvalue weighted by atomic mass is 10.1. The average molecular weight is 473 g/mol. The molecule has 6 nitrogen and oxygen atoms in total. The molecule has 0 aliphatic rings. The first-order valence-corrected chi connectivity index (χ1v) is 10.1. The van der Waals surface area contributed by atoms with Crippen molar-refractivity contribution in [3.63, 3.8) is 0 Å². The molecule has 0 radical (unpaired) electrons. The molecule has 3 heterocycles. The fourth-order valence-corrected chi connectivity index (χ4v) is 3.50. The number of rotatable bonds is 6. The fraction of sp³-hybridized carbons (Fsp3) is 0.250. The first-order chi connectivity index (χ1) is 14.5. The van der Waals surface area contributed by atoms with Gasteiger partial charge in [0.25, 0.3) is 11.5 Å². The first-order valence-electron chi connectivity index (χ1n) is 10.1. The van der Waals surface area contributed by atoms with Gasteiger partial charge in [-0.3, -0.25) is 19.0 Å². The van der Waals surface area contributed by atoms with Crippen LogP contribution in [0, 0.1) is 13.8 Å². The standard InChI is InChI=1S/C24H24N4O2.2ClH/c1-16-12-20-21(13-17(16)2)27-22-9-8-19(15-28(22)24(20)30)23(29)26-11-4-3-6-18-7-5-10-25-14-18;;/h5,7-10,12-15H,3-4,6,11H2,1-2H3,(H,26,29);2*1H. The quantitative estimate of drug-likeness (QED) is 0.332. The van der Waals surface area contributed by atoms with Crippen molar-refractivity contribution in [1.82, 2.24) is 19.7 Å². The van der Waals surface area contributed by atoms with Gasteiger partial charge in [-0.15, -0.1) is 24.8 Å². The minimum absolute atomic E-state index is 0. The number of benzene rings is 1. The predicted molar refractivity (Wildman–Crippen MR) is 132 cm³/mol. The molecule has 0 spiro atoms. The summed E-state index contributed by atoms with van der Waals surface area (Å²) in [4.78, 5) is 34.2. The Kier molecular flexibility index (Phi) is 8.75. The first kappa shape index (κ1) is 25.3. The third-order valence-electron chi connectivity index (χ3n) is 5.39. The molecule has 1 amide bonds. The van der Waals surface area contributed by atoms with Gasteiger partial charge in [-0.25, -0.2) is 4.98 Å². The second-order valence-corrected chi connectivity index (χ2v) is 7.59. The highest BCUT2D eigenvalue weighted by Gasteiger charge is 2.11. The molecular formula is C24H26Cl2N4O2. The highest BCUT2D eigenvalue weighted by molar-refractivity contribution is 5.94. The van der Waals surface area contributed by atoms with E-state index in [1.165, 1.54) is 9.96 Å². The van der Waals surface area contributed by atoms with E-state index >= 15 is 0 Å². The molecule has 3 aromatic heterocycles. The van der Waals surface area contributed by atoms with Gasteiger partial charge in [-0.1, -0.05) is 6.07 Å². The summed E-state index contributed by atoms with van der Waals surface area (Å²) in [5.41, 5.74) is 4.83. The molecule has 0 unspecified atom stereocenters. The van der Waals surface area contributed by atoms with Gasteiger partial charge >= 0.3 is 0 Å². The average Bonchev–Trinajstić information content (AvgIpc) is 2.75. The van der Waals surface area contributed by atoms with Crippen molar-refractivity contribution in [1.29, 1.82) is 0 Å². The van der Waals surface area contributed by atoms with Gasteiger partial charge in [0.15, 0.2) is 0 Å². The zero-order chi connectivity index (χ0) is 21.1. The van der Waals surface area contributed by atoms with Crippen LogP contribution in [0.4, 0.5) is 0 Å². The summed E-state index contributed by atoms with van der Waals surface area (Å²) in [5.74, 6) is -0.189. The van der Waals surface area contributed by atoms with Crippen molar-refractivity contribution in [2.45, 2.75) is 33.1 Å². The van der Waals surface area contributed by atoms with Crippen LogP contribution in [-0.2, 0) is 6.42 Å². The van der Waals surface area contributed by atoms with Gasteiger partial charge in [0, 0.05) is 25.1 Å². The number of unbranched alkanes of at least 4 members (excludes halogenated alkanes) is 1. The SMILES string of the molecule is Cc1cc2nc3ccc(C(=O)NCCCCc4cccnc4)cn3c(=O)c2cc1C.Cl.Cl. The van der Waals surface area contributed by atoms with E-state index in [0.717, 1.165) is 30.4 Å². The van der Waals surface area contributed by atoms with E-state index in [9.17, 15) is 9.59 Å². The van der Waals surface area contributed by atoms with Gasteiger partial charge in [0.1, 0.15) is 5.65 Å². The summed E-state index contributed by atoms with van der Waals surface area (Å²) in [6, 6.07) is 11.2. The highest BCUT2D eigenvalue weighted by atomic mass is 35.5. The minimum Gasteiger partial charge on any atom is -0.352 e. The summed E-state index contributed by atoms with van der Waals surface area (Å²) in [7, 11) is 0. The van der Waals surface area contributed by atoms with E-state index in [-0.39, 0.29) is 36.3 Å². The van der Waals surface area contributed by atoms with Crippen LogP contribution in [-0.4, -0.2) is 26.8 Å². The predicted octanol–water partition coefficient (Wildman–Crippen LogP) is 4.46. The van der Waals surface area contributed by atoms with Gasteiger partial charge in [0.2, 0.25) is 0 Å². The van der Waals surface area contributed by atoms with Gasteiger partial charge < -0.3 is 5.32 Å². The second-order valence-electron chi connectivity index (χ2n) is 7.59. The van der Waals surface area contributed by atoms with Crippen LogP contribution >= 0.6 is 24.8 Å². The second kappa shape index (κ2) is 11.1. The van der Waals surface area contributed by atoms with Gasteiger partial charge in [-0.2, -0.15) is 0 Å². The number of aromatic nitrogens is 3. The zero-order valence-electron chi connectivity index (χ0n) is 18.0.